The third-order valence-corrected chi connectivity index (χ3v) is 4.52. The minimum atomic E-state index is 0.263. The summed E-state index contributed by atoms with van der Waals surface area (Å²) in [5.41, 5.74) is 6.54. The molecule has 2 rings (SSSR count). The Bertz CT molecular complexity index is 619. The Balaban J connectivity index is 2.29. The molecule has 112 valence electrons. The molecule has 2 heteroatoms. The minimum absolute atomic E-state index is 0.263. The van der Waals surface area contributed by atoms with Crippen molar-refractivity contribution in [3.05, 3.63) is 64.2 Å². The Hall–Kier alpha value is -1.28. The standard InChI is InChI=1S/C19H23BrO/c1-5-21-19-9-7-14(3)11-17(19)18(20)12-16-10-13(2)6-8-15(16)4/h6-11,18H,5,12H2,1-4H3. The first kappa shape index (κ1) is 16.1. The van der Waals surface area contributed by atoms with Crippen LogP contribution in [0.1, 0.15) is 39.6 Å². The maximum Gasteiger partial charge on any atom is 0.123 e. The van der Waals surface area contributed by atoms with Crippen LogP contribution in [-0.4, -0.2) is 6.61 Å². The van der Waals surface area contributed by atoms with Crippen molar-refractivity contribution in [3.63, 3.8) is 0 Å². The quantitative estimate of drug-likeness (QED) is 0.632. The molecule has 0 aromatic heterocycles. The molecule has 0 heterocycles. The van der Waals surface area contributed by atoms with Gasteiger partial charge in [0, 0.05) is 10.4 Å². The number of alkyl halides is 1. The van der Waals surface area contributed by atoms with Crippen LogP contribution in [-0.2, 0) is 6.42 Å². The Labute approximate surface area is 136 Å². The zero-order valence-corrected chi connectivity index (χ0v) is 14.8. The average Bonchev–Trinajstić information content (AvgIpc) is 2.45. The lowest BCUT2D eigenvalue weighted by Gasteiger charge is -2.17. The maximum atomic E-state index is 5.77. The zero-order chi connectivity index (χ0) is 15.4. The van der Waals surface area contributed by atoms with Crippen molar-refractivity contribution in [2.75, 3.05) is 6.61 Å². The smallest absolute Gasteiger partial charge is 0.123 e. The molecule has 1 unspecified atom stereocenters. The van der Waals surface area contributed by atoms with Gasteiger partial charge in [0.25, 0.3) is 0 Å². The summed E-state index contributed by atoms with van der Waals surface area (Å²) in [6, 6.07) is 13.0. The van der Waals surface area contributed by atoms with E-state index >= 15 is 0 Å². The van der Waals surface area contributed by atoms with Gasteiger partial charge in [-0.3, -0.25) is 0 Å². The van der Waals surface area contributed by atoms with Gasteiger partial charge in [-0.15, -0.1) is 0 Å². The van der Waals surface area contributed by atoms with Gasteiger partial charge in [-0.25, -0.2) is 0 Å². The molecule has 1 nitrogen and oxygen atoms in total. The highest BCUT2D eigenvalue weighted by atomic mass is 79.9. The van der Waals surface area contributed by atoms with Crippen molar-refractivity contribution in [3.8, 4) is 5.75 Å². The van der Waals surface area contributed by atoms with Gasteiger partial charge in [0.1, 0.15) is 5.75 Å². The van der Waals surface area contributed by atoms with E-state index in [1.807, 2.05) is 6.92 Å². The van der Waals surface area contributed by atoms with Gasteiger partial charge in [-0.05, 0) is 51.3 Å². The zero-order valence-electron chi connectivity index (χ0n) is 13.2. The third-order valence-electron chi connectivity index (χ3n) is 3.71. The second kappa shape index (κ2) is 7.13. The molecule has 0 bridgehead atoms. The summed E-state index contributed by atoms with van der Waals surface area (Å²) in [4.78, 5) is 0.263. The third kappa shape index (κ3) is 4.10. The van der Waals surface area contributed by atoms with Crippen molar-refractivity contribution >= 4 is 15.9 Å². The lowest BCUT2D eigenvalue weighted by atomic mass is 9.97. The number of benzene rings is 2. The fraction of sp³-hybridized carbons (Fsp3) is 0.368. The first-order valence-corrected chi connectivity index (χ1v) is 8.36. The Morgan fingerprint density at radius 2 is 1.67 bits per heavy atom. The number of ether oxygens (including phenoxy) is 1. The Morgan fingerprint density at radius 3 is 2.38 bits per heavy atom. The molecule has 0 N–H and O–H groups in total. The SMILES string of the molecule is CCOc1ccc(C)cc1C(Br)Cc1cc(C)ccc1C. The fourth-order valence-corrected chi connectivity index (χ4v) is 3.23. The van der Waals surface area contributed by atoms with E-state index in [1.165, 1.54) is 27.8 Å². The van der Waals surface area contributed by atoms with Crippen molar-refractivity contribution < 1.29 is 4.74 Å². The first-order chi connectivity index (χ1) is 10.0. The van der Waals surface area contributed by atoms with E-state index in [-0.39, 0.29) is 4.83 Å². The first-order valence-electron chi connectivity index (χ1n) is 7.44. The number of hydrogen-bond acceptors (Lipinski definition) is 1. The van der Waals surface area contributed by atoms with Crippen LogP contribution >= 0.6 is 15.9 Å². The molecule has 21 heavy (non-hydrogen) atoms. The second-order valence-electron chi connectivity index (χ2n) is 5.58. The van der Waals surface area contributed by atoms with Gasteiger partial charge in [-0.2, -0.15) is 0 Å². The minimum Gasteiger partial charge on any atom is -0.494 e. The Morgan fingerprint density at radius 1 is 1.00 bits per heavy atom. The summed E-state index contributed by atoms with van der Waals surface area (Å²) in [6.45, 7) is 9.16. The monoisotopic (exact) mass is 346 g/mol. The molecule has 0 aliphatic heterocycles. The van der Waals surface area contributed by atoms with E-state index < -0.39 is 0 Å². The largest absolute Gasteiger partial charge is 0.494 e. The van der Waals surface area contributed by atoms with Crippen molar-refractivity contribution in [1.82, 2.24) is 0 Å². The molecule has 0 spiro atoms. The van der Waals surface area contributed by atoms with Crippen LogP contribution in [0, 0.1) is 20.8 Å². The average molecular weight is 347 g/mol. The number of rotatable bonds is 5. The molecule has 0 saturated heterocycles. The van der Waals surface area contributed by atoms with E-state index in [4.69, 9.17) is 4.74 Å². The predicted octanol–water partition coefficient (Wildman–Crippen LogP) is 5.69. The van der Waals surface area contributed by atoms with Crippen LogP contribution < -0.4 is 4.74 Å². The summed E-state index contributed by atoms with van der Waals surface area (Å²) < 4.78 is 5.77. The molecular formula is C19H23BrO. The van der Waals surface area contributed by atoms with Crippen LogP contribution in [0.5, 0.6) is 5.75 Å². The molecule has 0 radical (unpaired) electrons. The van der Waals surface area contributed by atoms with Crippen molar-refractivity contribution in [2.45, 2.75) is 38.9 Å². The van der Waals surface area contributed by atoms with Gasteiger partial charge < -0.3 is 4.74 Å². The van der Waals surface area contributed by atoms with Crippen molar-refractivity contribution in [2.24, 2.45) is 0 Å². The maximum absolute atomic E-state index is 5.77. The fourth-order valence-electron chi connectivity index (χ4n) is 2.52. The summed E-state index contributed by atoms with van der Waals surface area (Å²) in [6.07, 6.45) is 0.969. The van der Waals surface area contributed by atoms with E-state index in [2.05, 4.69) is 73.1 Å². The molecule has 0 aliphatic rings. The number of aryl methyl sites for hydroxylation is 3. The van der Waals surface area contributed by atoms with Crippen LogP contribution in [0.25, 0.3) is 0 Å². The summed E-state index contributed by atoms with van der Waals surface area (Å²) in [5.74, 6) is 0.982. The highest BCUT2D eigenvalue weighted by Crippen LogP contribution is 2.35. The molecular weight excluding hydrogens is 324 g/mol. The van der Waals surface area contributed by atoms with Gasteiger partial charge in [0.15, 0.2) is 0 Å². The lowest BCUT2D eigenvalue weighted by molar-refractivity contribution is 0.336. The van der Waals surface area contributed by atoms with E-state index in [1.54, 1.807) is 0 Å². The van der Waals surface area contributed by atoms with Gasteiger partial charge in [0.05, 0.1) is 6.61 Å². The summed E-state index contributed by atoms with van der Waals surface area (Å²) in [5, 5.41) is 0. The summed E-state index contributed by atoms with van der Waals surface area (Å²) in [7, 11) is 0. The molecule has 0 aliphatic carbocycles. The lowest BCUT2D eigenvalue weighted by Crippen LogP contribution is -2.03. The Kier molecular flexibility index (Phi) is 5.46. The van der Waals surface area contributed by atoms with Gasteiger partial charge >= 0.3 is 0 Å². The van der Waals surface area contributed by atoms with E-state index in [0.717, 1.165) is 12.2 Å². The number of halogens is 1. The predicted molar refractivity (Wildman–Crippen MR) is 93.6 cm³/mol. The normalized spacial score (nSPS) is 12.2. The van der Waals surface area contributed by atoms with Gasteiger partial charge in [-0.1, -0.05) is 57.4 Å². The molecule has 1 atom stereocenters. The van der Waals surface area contributed by atoms with E-state index in [0.29, 0.717) is 6.61 Å². The van der Waals surface area contributed by atoms with Crippen molar-refractivity contribution in [1.29, 1.82) is 0 Å². The second-order valence-corrected chi connectivity index (χ2v) is 6.68. The molecule has 0 saturated carbocycles. The van der Waals surface area contributed by atoms with Crippen LogP contribution in [0.2, 0.25) is 0 Å². The highest BCUT2D eigenvalue weighted by molar-refractivity contribution is 9.09. The van der Waals surface area contributed by atoms with E-state index in [9.17, 15) is 0 Å². The van der Waals surface area contributed by atoms with Crippen LogP contribution in [0.15, 0.2) is 36.4 Å². The topological polar surface area (TPSA) is 9.23 Å². The number of hydrogen-bond donors (Lipinski definition) is 0. The van der Waals surface area contributed by atoms with Crippen LogP contribution in [0.3, 0.4) is 0 Å². The molecule has 2 aromatic carbocycles. The summed E-state index contributed by atoms with van der Waals surface area (Å²) >= 11 is 3.86. The molecule has 2 aromatic rings. The van der Waals surface area contributed by atoms with Gasteiger partial charge in [0.2, 0.25) is 0 Å². The molecule has 0 fully saturated rings. The molecule has 0 amide bonds. The van der Waals surface area contributed by atoms with Crippen LogP contribution in [0.4, 0.5) is 0 Å². The highest BCUT2D eigenvalue weighted by Gasteiger charge is 2.15.